The lowest BCUT2D eigenvalue weighted by Crippen LogP contribution is -2.37. The minimum Gasteiger partial charge on any atom is -0.285 e. The van der Waals surface area contributed by atoms with Crippen molar-refractivity contribution in [1.82, 2.24) is 0 Å². The van der Waals surface area contributed by atoms with Crippen LogP contribution in [0.4, 0.5) is 0 Å². The largest absolute Gasteiger partial charge is 0.285 e. The molecule has 0 heterocycles. The first-order valence-electron chi connectivity index (χ1n) is 4.79. The Morgan fingerprint density at radius 3 is 2.57 bits per heavy atom. The van der Waals surface area contributed by atoms with Gasteiger partial charge in [0.25, 0.3) is 10.1 Å². The predicted octanol–water partition coefficient (Wildman–Crippen LogP) is 2.32. The Kier molecular flexibility index (Phi) is 3.17. The Bertz CT molecular complexity index is 365. The second-order valence-electron chi connectivity index (χ2n) is 3.61. The topological polar surface area (TPSA) is 54.4 Å². The maximum atomic E-state index is 11.3. The van der Waals surface area contributed by atoms with Crippen LogP contribution in [0.15, 0.2) is 23.8 Å². The van der Waals surface area contributed by atoms with E-state index in [0.717, 1.165) is 12.0 Å². The highest BCUT2D eigenvalue weighted by Gasteiger charge is 2.40. The zero-order valence-electron chi connectivity index (χ0n) is 8.53. The predicted molar refractivity (Wildman–Crippen MR) is 56.7 cm³/mol. The quantitative estimate of drug-likeness (QED) is 0.736. The van der Waals surface area contributed by atoms with Gasteiger partial charge in [0.15, 0.2) is 0 Å². The summed E-state index contributed by atoms with van der Waals surface area (Å²) in [6.07, 6.45) is 6.86. The summed E-state index contributed by atoms with van der Waals surface area (Å²) < 4.78 is 30.7. The normalized spacial score (nSPS) is 27.5. The molecular weight excluding hydrogens is 200 g/mol. The molecule has 1 aliphatic carbocycles. The average Bonchev–Trinajstić information content (AvgIpc) is 2.16. The van der Waals surface area contributed by atoms with Gasteiger partial charge >= 0.3 is 0 Å². The van der Waals surface area contributed by atoms with Crippen LogP contribution in [0.2, 0.25) is 0 Å². The van der Waals surface area contributed by atoms with E-state index in [1.54, 1.807) is 19.1 Å². The van der Waals surface area contributed by atoms with Gasteiger partial charge in [-0.15, -0.1) is 0 Å². The molecule has 0 radical (unpaired) electrons. The zero-order valence-corrected chi connectivity index (χ0v) is 9.34. The highest BCUT2D eigenvalue weighted by molar-refractivity contribution is 7.87. The van der Waals surface area contributed by atoms with Crippen molar-refractivity contribution in [3.05, 3.63) is 23.8 Å². The molecule has 4 heteroatoms. The minimum absolute atomic E-state index is 0.402. The lowest BCUT2D eigenvalue weighted by atomic mass is 9.90. The van der Waals surface area contributed by atoms with Crippen molar-refractivity contribution in [2.24, 2.45) is 0 Å². The summed E-state index contributed by atoms with van der Waals surface area (Å²) in [6, 6.07) is 0. The Hall–Kier alpha value is -0.610. The van der Waals surface area contributed by atoms with Gasteiger partial charge in [0.2, 0.25) is 0 Å². The summed E-state index contributed by atoms with van der Waals surface area (Å²) in [5.41, 5.74) is 1.06. The summed E-state index contributed by atoms with van der Waals surface area (Å²) in [6.45, 7) is 3.76. The maximum absolute atomic E-state index is 11.3. The Labute approximate surface area is 85.3 Å². The van der Waals surface area contributed by atoms with Crippen LogP contribution in [-0.2, 0) is 10.1 Å². The highest BCUT2D eigenvalue weighted by Crippen LogP contribution is 2.34. The second kappa shape index (κ2) is 3.87. The minimum atomic E-state index is -4.01. The third-order valence-corrected chi connectivity index (χ3v) is 4.42. The van der Waals surface area contributed by atoms with Crippen LogP contribution in [0.3, 0.4) is 0 Å². The van der Waals surface area contributed by atoms with Crippen molar-refractivity contribution in [2.45, 2.75) is 37.9 Å². The van der Waals surface area contributed by atoms with Gasteiger partial charge in [-0.2, -0.15) is 8.42 Å². The van der Waals surface area contributed by atoms with Crippen LogP contribution in [0.1, 0.15) is 33.1 Å². The van der Waals surface area contributed by atoms with E-state index in [0.29, 0.717) is 12.8 Å². The molecule has 80 valence electrons. The fraction of sp³-hybridized carbons (Fsp3) is 0.600. The lowest BCUT2D eigenvalue weighted by molar-refractivity contribution is 0.436. The molecule has 0 aromatic rings. The zero-order chi connectivity index (χ0) is 10.8. The Balaban J connectivity index is 3.08. The smallest absolute Gasteiger partial charge is 0.274 e. The molecule has 0 aliphatic heterocycles. The van der Waals surface area contributed by atoms with E-state index in [1.807, 2.05) is 13.0 Å². The van der Waals surface area contributed by atoms with Gasteiger partial charge in [0.05, 0.1) is 0 Å². The Morgan fingerprint density at radius 1 is 1.50 bits per heavy atom. The van der Waals surface area contributed by atoms with Gasteiger partial charge in [0.1, 0.15) is 4.75 Å². The lowest BCUT2D eigenvalue weighted by Gasteiger charge is -2.29. The molecule has 1 aliphatic rings. The summed E-state index contributed by atoms with van der Waals surface area (Å²) in [5, 5.41) is 0. The molecule has 0 spiro atoms. The number of allylic oxidation sites excluding steroid dienone is 3. The number of hydrogen-bond donors (Lipinski definition) is 1. The molecule has 0 bridgehead atoms. The fourth-order valence-electron chi connectivity index (χ4n) is 1.71. The van der Waals surface area contributed by atoms with Crippen LogP contribution in [0.25, 0.3) is 0 Å². The van der Waals surface area contributed by atoms with E-state index in [9.17, 15) is 13.0 Å². The van der Waals surface area contributed by atoms with Crippen molar-refractivity contribution in [3.63, 3.8) is 0 Å². The molecule has 0 amide bonds. The van der Waals surface area contributed by atoms with Gasteiger partial charge in [-0.25, -0.2) is 0 Å². The van der Waals surface area contributed by atoms with Crippen LogP contribution < -0.4 is 0 Å². The van der Waals surface area contributed by atoms with E-state index in [1.165, 1.54) is 0 Å². The van der Waals surface area contributed by atoms with Crippen molar-refractivity contribution in [1.29, 1.82) is 0 Å². The molecule has 0 saturated heterocycles. The van der Waals surface area contributed by atoms with E-state index >= 15 is 0 Å². The standard InChI is InChI=1S/C10H16O3S/c1-3-9-6-5-7-10(4-2,8-9)14(11,12)13/h5-7H,3-4,8H2,1-2H3,(H,11,12,13). The average molecular weight is 216 g/mol. The molecule has 14 heavy (non-hydrogen) atoms. The second-order valence-corrected chi connectivity index (χ2v) is 5.37. The van der Waals surface area contributed by atoms with Crippen molar-refractivity contribution < 1.29 is 13.0 Å². The van der Waals surface area contributed by atoms with Crippen LogP contribution >= 0.6 is 0 Å². The number of hydrogen-bond acceptors (Lipinski definition) is 2. The van der Waals surface area contributed by atoms with Gasteiger partial charge in [0, 0.05) is 0 Å². The van der Waals surface area contributed by atoms with Crippen molar-refractivity contribution >= 4 is 10.1 Å². The molecule has 0 aromatic heterocycles. The molecule has 1 rings (SSSR count). The third-order valence-electron chi connectivity index (χ3n) is 2.82. The summed E-state index contributed by atoms with van der Waals surface area (Å²) >= 11 is 0. The van der Waals surface area contributed by atoms with E-state index < -0.39 is 14.9 Å². The molecule has 1 unspecified atom stereocenters. The monoisotopic (exact) mass is 216 g/mol. The molecular formula is C10H16O3S. The van der Waals surface area contributed by atoms with Gasteiger partial charge in [-0.3, -0.25) is 4.55 Å². The number of rotatable bonds is 3. The first-order valence-corrected chi connectivity index (χ1v) is 6.23. The van der Waals surface area contributed by atoms with E-state index in [2.05, 4.69) is 0 Å². The van der Waals surface area contributed by atoms with E-state index in [4.69, 9.17) is 0 Å². The maximum Gasteiger partial charge on any atom is 0.274 e. The third kappa shape index (κ3) is 1.91. The van der Waals surface area contributed by atoms with Crippen LogP contribution in [0.5, 0.6) is 0 Å². The summed E-state index contributed by atoms with van der Waals surface area (Å²) in [5.74, 6) is 0. The molecule has 1 N–H and O–H groups in total. The molecule has 0 saturated carbocycles. The van der Waals surface area contributed by atoms with E-state index in [-0.39, 0.29) is 0 Å². The summed E-state index contributed by atoms with van der Waals surface area (Å²) in [4.78, 5) is 0. The van der Waals surface area contributed by atoms with Crippen LogP contribution in [0, 0.1) is 0 Å². The SMILES string of the molecule is CCC1=CC=CC(CC)(S(=O)(=O)O)C1. The fourth-order valence-corrected chi connectivity index (χ4v) is 2.69. The Morgan fingerprint density at radius 2 is 2.14 bits per heavy atom. The van der Waals surface area contributed by atoms with Crippen LogP contribution in [-0.4, -0.2) is 17.7 Å². The van der Waals surface area contributed by atoms with Gasteiger partial charge < -0.3 is 0 Å². The first kappa shape index (κ1) is 11.5. The van der Waals surface area contributed by atoms with Gasteiger partial charge in [-0.1, -0.05) is 37.6 Å². The molecule has 0 fully saturated rings. The van der Waals surface area contributed by atoms with Gasteiger partial charge in [-0.05, 0) is 19.3 Å². The van der Waals surface area contributed by atoms with Crippen molar-refractivity contribution in [2.75, 3.05) is 0 Å². The van der Waals surface area contributed by atoms with Crippen molar-refractivity contribution in [3.8, 4) is 0 Å². The highest BCUT2D eigenvalue weighted by atomic mass is 32.2. The first-order chi connectivity index (χ1) is 6.45. The summed E-state index contributed by atoms with van der Waals surface area (Å²) in [7, 11) is -4.01. The molecule has 1 atom stereocenters. The molecule has 3 nitrogen and oxygen atoms in total. The molecule has 0 aromatic carbocycles.